The maximum absolute atomic E-state index is 12.4. The Morgan fingerprint density at radius 3 is 2.67 bits per heavy atom. The molecule has 0 aliphatic heterocycles. The number of halogens is 4. The van der Waals surface area contributed by atoms with Gasteiger partial charge in [0.05, 0.1) is 7.11 Å². The first-order valence-electron chi connectivity index (χ1n) is 3.69. The van der Waals surface area contributed by atoms with Crippen LogP contribution < -0.4 is 4.74 Å². The number of methoxy groups -OCH3 is 1. The molecule has 1 aromatic rings. The van der Waals surface area contributed by atoms with Gasteiger partial charge in [0.1, 0.15) is 11.3 Å². The Hall–Kier alpha value is -0.500. The van der Waals surface area contributed by atoms with Gasteiger partial charge in [-0.3, -0.25) is 4.79 Å². The average molecular weight is 347 g/mol. The van der Waals surface area contributed by atoms with Crippen molar-refractivity contribution in [3.8, 4) is 5.88 Å². The lowest BCUT2D eigenvalue weighted by Gasteiger charge is -2.08. The number of hydrogen-bond donors (Lipinski definition) is 0. The molecule has 7 heteroatoms. The molecule has 1 heterocycles. The fraction of sp³-hybridized carbons (Fsp3) is 0.250. The zero-order valence-electron chi connectivity index (χ0n) is 7.43. The summed E-state index contributed by atoms with van der Waals surface area (Å²) in [5, 5.41) is -0.787. The van der Waals surface area contributed by atoms with Crippen LogP contribution in [0.5, 0.6) is 5.88 Å². The summed E-state index contributed by atoms with van der Waals surface area (Å²) in [5.74, 6) is -0.183. The minimum Gasteiger partial charge on any atom is -0.480 e. The number of aromatic nitrogens is 1. The topological polar surface area (TPSA) is 39.2 Å². The molecule has 0 N–H and O–H groups in total. The fourth-order valence-corrected chi connectivity index (χ4v) is 2.08. The van der Waals surface area contributed by atoms with E-state index in [1.165, 1.54) is 7.11 Å². The van der Waals surface area contributed by atoms with E-state index in [1.54, 1.807) is 22.6 Å². The molecule has 15 heavy (non-hydrogen) atoms. The van der Waals surface area contributed by atoms with Gasteiger partial charge in [0.2, 0.25) is 5.88 Å². The van der Waals surface area contributed by atoms with Gasteiger partial charge in [-0.25, -0.2) is 13.8 Å². The number of hydrogen-bond acceptors (Lipinski definition) is 3. The summed E-state index contributed by atoms with van der Waals surface area (Å²) >= 11 is 7.00. The molecule has 0 radical (unpaired) electrons. The third-order valence-electron chi connectivity index (χ3n) is 1.57. The van der Waals surface area contributed by atoms with Crippen LogP contribution in [0.25, 0.3) is 0 Å². The molecule has 82 valence electrons. The van der Waals surface area contributed by atoms with Crippen LogP contribution in [0.1, 0.15) is 22.5 Å². The van der Waals surface area contributed by atoms with Crippen molar-refractivity contribution < 1.29 is 18.3 Å². The molecule has 0 bridgehead atoms. The third-order valence-corrected chi connectivity index (χ3v) is 2.61. The van der Waals surface area contributed by atoms with Crippen LogP contribution in [0, 0.1) is 3.57 Å². The Labute approximate surface area is 103 Å². The highest BCUT2D eigenvalue weighted by atomic mass is 127. The van der Waals surface area contributed by atoms with Gasteiger partial charge < -0.3 is 4.74 Å². The lowest BCUT2D eigenvalue weighted by Crippen LogP contribution is -2.04. The summed E-state index contributed by atoms with van der Waals surface area (Å²) in [5.41, 5.74) is -0.443. The highest BCUT2D eigenvalue weighted by molar-refractivity contribution is 14.1. The SMILES string of the molecule is COc1nc(C(F)F)cc(I)c1C(=O)Cl. The van der Waals surface area contributed by atoms with Crippen LogP contribution in [-0.2, 0) is 0 Å². The van der Waals surface area contributed by atoms with Crippen LogP contribution in [0.4, 0.5) is 8.78 Å². The van der Waals surface area contributed by atoms with Crippen LogP contribution in [-0.4, -0.2) is 17.3 Å². The molecular formula is C8H5ClF2INO2. The number of carbonyl (C=O) groups excluding carboxylic acids is 1. The first-order valence-corrected chi connectivity index (χ1v) is 5.15. The summed E-state index contributed by atoms with van der Waals surface area (Å²) in [6.07, 6.45) is -2.72. The van der Waals surface area contributed by atoms with Gasteiger partial charge in [-0.15, -0.1) is 0 Å². The lowest BCUT2D eigenvalue weighted by molar-refractivity contribution is 0.107. The smallest absolute Gasteiger partial charge is 0.280 e. The van der Waals surface area contributed by atoms with E-state index in [-0.39, 0.29) is 15.0 Å². The van der Waals surface area contributed by atoms with Crippen molar-refractivity contribution in [1.29, 1.82) is 0 Å². The molecule has 1 aromatic heterocycles. The van der Waals surface area contributed by atoms with Crippen LogP contribution in [0.15, 0.2) is 6.07 Å². The minimum atomic E-state index is -2.72. The third kappa shape index (κ3) is 2.75. The van der Waals surface area contributed by atoms with Crippen molar-refractivity contribution in [1.82, 2.24) is 4.98 Å². The highest BCUT2D eigenvalue weighted by Crippen LogP contribution is 2.28. The fourth-order valence-electron chi connectivity index (χ4n) is 0.947. The first-order chi connectivity index (χ1) is 6.97. The molecule has 0 atom stereocenters. The average Bonchev–Trinajstić information content (AvgIpc) is 2.15. The maximum atomic E-state index is 12.4. The van der Waals surface area contributed by atoms with Crippen molar-refractivity contribution in [3.63, 3.8) is 0 Å². The number of carbonyl (C=O) groups is 1. The standard InChI is InChI=1S/C8H5ClF2INO2/c1-15-8-5(6(9)14)3(12)2-4(13-8)7(10)11/h2,7H,1H3. The van der Waals surface area contributed by atoms with Gasteiger partial charge >= 0.3 is 0 Å². The van der Waals surface area contributed by atoms with E-state index >= 15 is 0 Å². The lowest BCUT2D eigenvalue weighted by atomic mass is 10.2. The molecule has 0 unspecified atom stereocenters. The Balaban J connectivity index is 3.37. The van der Waals surface area contributed by atoms with Crippen molar-refractivity contribution in [2.45, 2.75) is 6.43 Å². The number of pyridine rings is 1. The summed E-state index contributed by atoms with van der Waals surface area (Å²) in [4.78, 5) is 14.5. The van der Waals surface area contributed by atoms with E-state index in [9.17, 15) is 13.6 Å². The molecule has 0 aromatic carbocycles. The second kappa shape index (κ2) is 5.02. The second-order valence-electron chi connectivity index (χ2n) is 2.49. The van der Waals surface area contributed by atoms with Gasteiger partial charge in [-0.1, -0.05) is 0 Å². The highest BCUT2D eigenvalue weighted by Gasteiger charge is 2.20. The molecule has 1 rings (SSSR count). The molecule has 0 saturated heterocycles. The quantitative estimate of drug-likeness (QED) is 0.623. The minimum absolute atomic E-state index is 0.00386. The molecule has 0 amide bonds. The number of ether oxygens (including phenoxy) is 1. The predicted molar refractivity (Wildman–Crippen MR) is 58.6 cm³/mol. The number of alkyl halides is 2. The molecule has 0 aliphatic carbocycles. The zero-order chi connectivity index (χ0) is 11.6. The van der Waals surface area contributed by atoms with Gasteiger partial charge in [0, 0.05) is 3.57 Å². The Morgan fingerprint density at radius 1 is 1.67 bits per heavy atom. The Morgan fingerprint density at radius 2 is 2.27 bits per heavy atom. The Kier molecular flexibility index (Phi) is 4.21. The Bertz CT molecular complexity index is 400. The van der Waals surface area contributed by atoms with Gasteiger partial charge in [-0.05, 0) is 40.3 Å². The summed E-state index contributed by atoms with van der Waals surface area (Å²) < 4.78 is 29.7. The molecule has 0 aliphatic rings. The van der Waals surface area contributed by atoms with E-state index in [4.69, 9.17) is 16.3 Å². The van der Waals surface area contributed by atoms with E-state index in [0.29, 0.717) is 0 Å². The van der Waals surface area contributed by atoms with Gasteiger partial charge in [-0.2, -0.15) is 0 Å². The summed E-state index contributed by atoms with van der Waals surface area (Å²) in [7, 11) is 1.23. The molecule has 0 saturated carbocycles. The van der Waals surface area contributed by atoms with E-state index in [2.05, 4.69) is 4.98 Å². The van der Waals surface area contributed by atoms with Crippen molar-refractivity contribution in [3.05, 3.63) is 20.9 Å². The molecule has 0 spiro atoms. The number of rotatable bonds is 3. The zero-order valence-corrected chi connectivity index (χ0v) is 10.3. The summed E-state index contributed by atoms with van der Waals surface area (Å²) in [6, 6.07) is 1.10. The van der Waals surface area contributed by atoms with E-state index in [0.717, 1.165) is 6.07 Å². The van der Waals surface area contributed by atoms with Crippen LogP contribution >= 0.6 is 34.2 Å². The number of nitrogens with zero attached hydrogens (tertiary/aromatic N) is 1. The second-order valence-corrected chi connectivity index (χ2v) is 3.99. The molecule has 0 fully saturated rings. The van der Waals surface area contributed by atoms with E-state index in [1.807, 2.05) is 0 Å². The van der Waals surface area contributed by atoms with Crippen molar-refractivity contribution in [2.24, 2.45) is 0 Å². The van der Waals surface area contributed by atoms with Crippen molar-refractivity contribution >= 4 is 39.4 Å². The normalized spacial score (nSPS) is 10.5. The monoisotopic (exact) mass is 347 g/mol. The summed E-state index contributed by atoms with van der Waals surface area (Å²) in [6.45, 7) is 0. The predicted octanol–water partition coefficient (Wildman–Crippen LogP) is 3.01. The maximum Gasteiger partial charge on any atom is 0.280 e. The van der Waals surface area contributed by atoms with E-state index < -0.39 is 17.4 Å². The van der Waals surface area contributed by atoms with Crippen molar-refractivity contribution in [2.75, 3.05) is 7.11 Å². The van der Waals surface area contributed by atoms with Gasteiger partial charge in [0.15, 0.2) is 0 Å². The largest absolute Gasteiger partial charge is 0.480 e. The van der Waals surface area contributed by atoms with Crippen LogP contribution in [0.2, 0.25) is 0 Å². The first kappa shape index (κ1) is 12.6. The van der Waals surface area contributed by atoms with Gasteiger partial charge in [0.25, 0.3) is 11.7 Å². The molecule has 3 nitrogen and oxygen atoms in total. The molecular weight excluding hydrogens is 342 g/mol. The van der Waals surface area contributed by atoms with Crippen LogP contribution in [0.3, 0.4) is 0 Å².